The Balaban J connectivity index is 2.06. The molecular formula is C15H20N2O5. The van der Waals surface area contributed by atoms with Gasteiger partial charge in [0.1, 0.15) is 0 Å². The van der Waals surface area contributed by atoms with E-state index >= 15 is 0 Å². The van der Waals surface area contributed by atoms with E-state index in [2.05, 4.69) is 10.6 Å². The number of nitrogens with one attached hydrogen (secondary N) is 2. The molecular weight excluding hydrogens is 288 g/mol. The fourth-order valence-electron chi connectivity index (χ4n) is 1.98. The highest BCUT2D eigenvalue weighted by atomic mass is 16.5. The van der Waals surface area contributed by atoms with Gasteiger partial charge in [-0.25, -0.2) is 0 Å². The predicted octanol–water partition coefficient (Wildman–Crippen LogP) is 0.721. The van der Waals surface area contributed by atoms with E-state index in [1.165, 1.54) is 33.5 Å². The number of hydrogen-bond acceptors (Lipinski definition) is 5. The molecule has 1 aliphatic carbocycles. The number of benzene rings is 1. The van der Waals surface area contributed by atoms with Gasteiger partial charge >= 0.3 is 0 Å². The van der Waals surface area contributed by atoms with Crippen LogP contribution in [-0.4, -0.2) is 45.7 Å². The summed E-state index contributed by atoms with van der Waals surface area (Å²) in [7, 11) is 4.44. The Morgan fingerprint density at radius 2 is 1.68 bits per heavy atom. The van der Waals surface area contributed by atoms with Crippen LogP contribution in [-0.2, 0) is 4.79 Å². The van der Waals surface area contributed by atoms with E-state index in [4.69, 9.17) is 14.2 Å². The largest absolute Gasteiger partial charge is 0.493 e. The lowest BCUT2D eigenvalue weighted by molar-refractivity contribution is -0.120. The third kappa shape index (κ3) is 3.81. The highest BCUT2D eigenvalue weighted by molar-refractivity contribution is 5.97. The zero-order chi connectivity index (χ0) is 16.1. The van der Waals surface area contributed by atoms with E-state index < -0.39 is 0 Å². The highest BCUT2D eigenvalue weighted by Gasteiger charge is 2.23. The lowest BCUT2D eigenvalue weighted by atomic mass is 10.1. The number of methoxy groups -OCH3 is 3. The number of carbonyl (C=O) groups excluding carboxylic acids is 2. The van der Waals surface area contributed by atoms with Gasteiger partial charge in [-0.05, 0) is 25.0 Å². The van der Waals surface area contributed by atoms with E-state index in [1.807, 2.05) is 0 Å². The van der Waals surface area contributed by atoms with Gasteiger partial charge in [-0.3, -0.25) is 9.59 Å². The van der Waals surface area contributed by atoms with Gasteiger partial charge < -0.3 is 24.8 Å². The van der Waals surface area contributed by atoms with Gasteiger partial charge in [0.15, 0.2) is 11.5 Å². The molecule has 2 amide bonds. The second kappa shape index (κ2) is 7.02. The molecule has 7 heteroatoms. The molecule has 1 aromatic rings. The minimum atomic E-state index is -0.384. The van der Waals surface area contributed by atoms with Crippen molar-refractivity contribution in [2.24, 2.45) is 0 Å². The van der Waals surface area contributed by atoms with Crippen molar-refractivity contribution in [1.29, 1.82) is 0 Å². The molecule has 1 fully saturated rings. The molecule has 1 aromatic carbocycles. The van der Waals surface area contributed by atoms with Crippen LogP contribution in [0.25, 0.3) is 0 Å². The number of amides is 2. The summed E-state index contributed by atoms with van der Waals surface area (Å²) in [5.74, 6) is 0.602. The molecule has 22 heavy (non-hydrogen) atoms. The van der Waals surface area contributed by atoms with Gasteiger partial charge in [0.2, 0.25) is 11.7 Å². The maximum atomic E-state index is 12.1. The standard InChI is InChI=1S/C15H20N2O5/c1-20-11-6-9(7-12(21-2)14(11)22-3)15(19)16-8-13(18)17-10-4-5-10/h6-7,10H,4-5,8H2,1-3H3,(H,16,19)(H,17,18). The molecule has 0 atom stereocenters. The van der Waals surface area contributed by atoms with Crippen LogP contribution in [0.4, 0.5) is 0 Å². The second-order valence-electron chi connectivity index (χ2n) is 4.94. The molecule has 1 saturated carbocycles. The van der Waals surface area contributed by atoms with E-state index in [9.17, 15) is 9.59 Å². The van der Waals surface area contributed by atoms with Crippen LogP contribution in [0, 0.1) is 0 Å². The van der Waals surface area contributed by atoms with Crippen molar-refractivity contribution >= 4 is 11.8 Å². The Morgan fingerprint density at radius 1 is 1.09 bits per heavy atom. The zero-order valence-corrected chi connectivity index (χ0v) is 12.9. The number of carbonyl (C=O) groups is 2. The summed E-state index contributed by atoms with van der Waals surface area (Å²) in [4.78, 5) is 23.7. The summed E-state index contributed by atoms with van der Waals surface area (Å²) in [5.41, 5.74) is 0.328. The molecule has 0 aromatic heterocycles. The van der Waals surface area contributed by atoms with Crippen molar-refractivity contribution in [3.8, 4) is 17.2 Å². The highest BCUT2D eigenvalue weighted by Crippen LogP contribution is 2.38. The van der Waals surface area contributed by atoms with Crippen LogP contribution in [0.15, 0.2) is 12.1 Å². The van der Waals surface area contributed by atoms with Crippen LogP contribution < -0.4 is 24.8 Å². The van der Waals surface area contributed by atoms with E-state index in [-0.39, 0.29) is 24.4 Å². The molecule has 7 nitrogen and oxygen atoms in total. The molecule has 120 valence electrons. The third-order valence-corrected chi connectivity index (χ3v) is 3.28. The lowest BCUT2D eigenvalue weighted by Crippen LogP contribution is -2.37. The fourth-order valence-corrected chi connectivity index (χ4v) is 1.98. The summed E-state index contributed by atoms with van der Waals surface area (Å²) in [5, 5.41) is 5.37. The first-order valence-electron chi connectivity index (χ1n) is 6.96. The van der Waals surface area contributed by atoms with E-state index in [0.29, 0.717) is 22.8 Å². The Bertz CT molecular complexity index is 544. The second-order valence-corrected chi connectivity index (χ2v) is 4.94. The average molecular weight is 308 g/mol. The van der Waals surface area contributed by atoms with Gasteiger partial charge in [0, 0.05) is 11.6 Å². The van der Waals surface area contributed by atoms with Crippen molar-refractivity contribution in [1.82, 2.24) is 10.6 Å². The van der Waals surface area contributed by atoms with E-state index in [1.54, 1.807) is 0 Å². The quantitative estimate of drug-likeness (QED) is 0.775. The summed E-state index contributed by atoms with van der Waals surface area (Å²) < 4.78 is 15.6. The Kier molecular flexibility index (Phi) is 5.08. The number of ether oxygens (including phenoxy) is 3. The first-order chi connectivity index (χ1) is 10.6. The van der Waals surface area contributed by atoms with Crippen LogP contribution in [0.1, 0.15) is 23.2 Å². The SMILES string of the molecule is COc1cc(C(=O)NCC(=O)NC2CC2)cc(OC)c1OC. The van der Waals surface area contributed by atoms with Crippen LogP contribution in [0.3, 0.4) is 0 Å². The van der Waals surface area contributed by atoms with Gasteiger partial charge in [-0.1, -0.05) is 0 Å². The average Bonchev–Trinajstić information content (AvgIpc) is 3.34. The third-order valence-electron chi connectivity index (χ3n) is 3.28. The first kappa shape index (κ1) is 15.9. The van der Waals surface area contributed by atoms with Gasteiger partial charge in [0.25, 0.3) is 5.91 Å². The Morgan fingerprint density at radius 3 is 2.14 bits per heavy atom. The molecule has 0 saturated heterocycles. The first-order valence-corrected chi connectivity index (χ1v) is 6.96. The molecule has 0 heterocycles. The van der Waals surface area contributed by atoms with Crippen molar-refractivity contribution in [2.45, 2.75) is 18.9 Å². The van der Waals surface area contributed by atoms with Crippen LogP contribution in [0.5, 0.6) is 17.2 Å². The number of hydrogen-bond donors (Lipinski definition) is 2. The molecule has 0 aliphatic heterocycles. The van der Waals surface area contributed by atoms with Crippen molar-refractivity contribution < 1.29 is 23.8 Å². The predicted molar refractivity (Wildman–Crippen MR) is 79.6 cm³/mol. The monoisotopic (exact) mass is 308 g/mol. The van der Waals surface area contributed by atoms with Crippen molar-refractivity contribution in [2.75, 3.05) is 27.9 Å². The van der Waals surface area contributed by atoms with Crippen LogP contribution >= 0.6 is 0 Å². The minimum Gasteiger partial charge on any atom is -0.493 e. The summed E-state index contributed by atoms with van der Waals surface area (Å²) >= 11 is 0. The molecule has 0 unspecified atom stereocenters. The Labute approximate surface area is 128 Å². The molecule has 0 radical (unpaired) electrons. The lowest BCUT2D eigenvalue weighted by Gasteiger charge is -2.14. The maximum Gasteiger partial charge on any atom is 0.251 e. The zero-order valence-electron chi connectivity index (χ0n) is 12.9. The normalized spacial score (nSPS) is 13.2. The Hall–Kier alpha value is -2.44. The molecule has 1 aliphatic rings. The van der Waals surface area contributed by atoms with Gasteiger partial charge in [-0.15, -0.1) is 0 Å². The molecule has 0 bridgehead atoms. The number of rotatable bonds is 7. The van der Waals surface area contributed by atoms with Crippen molar-refractivity contribution in [3.05, 3.63) is 17.7 Å². The van der Waals surface area contributed by atoms with Gasteiger partial charge in [-0.2, -0.15) is 0 Å². The maximum absolute atomic E-state index is 12.1. The topological polar surface area (TPSA) is 85.9 Å². The van der Waals surface area contributed by atoms with E-state index in [0.717, 1.165) is 12.8 Å². The fraction of sp³-hybridized carbons (Fsp3) is 0.467. The summed E-state index contributed by atoms with van der Waals surface area (Å²) in [6, 6.07) is 3.34. The minimum absolute atomic E-state index is 0.0635. The summed E-state index contributed by atoms with van der Waals surface area (Å²) in [6.45, 7) is -0.0635. The van der Waals surface area contributed by atoms with Gasteiger partial charge in [0.05, 0.1) is 27.9 Å². The van der Waals surface area contributed by atoms with Crippen molar-refractivity contribution in [3.63, 3.8) is 0 Å². The smallest absolute Gasteiger partial charge is 0.251 e. The molecule has 2 N–H and O–H groups in total. The van der Waals surface area contributed by atoms with Crippen LogP contribution in [0.2, 0.25) is 0 Å². The summed E-state index contributed by atoms with van der Waals surface area (Å²) in [6.07, 6.45) is 2.01. The molecule has 0 spiro atoms. The molecule has 2 rings (SSSR count).